The third kappa shape index (κ3) is 2.92. The molecule has 96 valence electrons. The third-order valence-electron chi connectivity index (χ3n) is 2.74. The third-order valence-corrected chi connectivity index (χ3v) is 2.74. The fourth-order valence-corrected chi connectivity index (χ4v) is 1.66. The summed E-state index contributed by atoms with van der Waals surface area (Å²) in [6.07, 6.45) is 1.16. The summed E-state index contributed by atoms with van der Waals surface area (Å²) < 4.78 is 26.6. The van der Waals surface area contributed by atoms with E-state index in [4.69, 9.17) is 0 Å². The normalized spacial score (nSPS) is 12.9. The van der Waals surface area contributed by atoms with Crippen molar-refractivity contribution in [2.24, 2.45) is 0 Å². The molecule has 0 saturated carbocycles. The summed E-state index contributed by atoms with van der Waals surface area (Å²) in [6, 6.07) is 8.61. The van der Waals surface area contributed by atoms with Crippen molar-refractivity contribution in [3.63, 3.8) is 0 Å². The number of hydrogen-bond donors (Lipinski definition) is 1. The summed E-state index contributed by atoms with van der Waals surface area (Å²) in [5.74, 6) is 0. The van der Waals surface area contributed by atoms with Crippen LogP contribution >= 0.6 is 0 Å². The zero-order chi connectivity index (χ0) is 13.0. The van der Waals surface area contributed by atoms with Crippen molar-refractivity contribution in [3.05, 3.63) is 48.3 Å². The first-order valence-electron chi connectivity index (χ1n) is 5.78. The van der Waals surface area contributed by atoms with Gasteiger partial charge in [0.15, 0.2) is 0 Å². The molecular weight excluding hydrogens is 236 g/mol. The Balaban J connectivity index is 2.14. The number of benzene rings is 1. The van der Waals surface area contributed by atoms with Crippen molar-refractivity contribution in [3.8, 4) is 5.69 Å². The molecule has 5 heteroatoms. The lowest BCUT2D eigenvalue weighted by Gasteiger charge is -2.15. The maximum atomic E-state index is 12.4. The van der Waals surface area contributed by atoms with Crippen LogP contribution in [0.3, 0.4) is 0 Å². The van der Waals surface area contributed by atoms with Crippen molar-refractivity contribution in [2.75, 3.05) is 0 Å². The van der Waals surface area contributed by atoms with Gasteiger partial charge in [-0.15, -0.1) is 0 Å². The molecule has 1 N–H and O–H groups in total. The molecule has 0 spiro atoms. The lowest BCUT2D eigenvalue weighted by atomic mass is 10.1. The molecule has 0 aliphatic rings. The Hall–Kier alpha value is -1.75. The van der Waals surface area contributed by atoms with E-state index in [0.717, 1.165) is 11.3 Å². The Labute approximate surface area is 104 Å². The van der Waals surface area contributed by atoms with E-state index in [1.165, 1.54) is 6.92 Å². The molecule has 0 aliphatic heterocycles. The van der Waals surface area contributed by atoms with E-state index in [1.807, 2.05) is 36.5 Å². The maximum absolute atomic E-state index is 12.4. The first-order chi connectivity index (χ1) is 8.68. The monoisotopic (exact) mass is 251 g/mol. The molecule has 0 saturated heterocycles. The molecule has 18 heavy (non-hydrogen) atoms. The van der Waals surface area contributed by atoms with Crippen LogP contribution < -0.4 is 5.32 Å². The van der Waals surface area contributed by atoms with Crippen molar-refractivity contribution >= 4 is 0 Å². The Kier molecular flexibility index (Phi) is 4.04. The smallest absolute Gasteiger partial charge is 0.253 e. The number of aromatic nitrogens is 2. The van der Waals surface area contributed by atoms with Gasteiger partial charge >= 0.3 is 0 Å². The number of halogens is 2. The molecule has 1 atom stereocenters. The summed E-state index contributed by atoms with van der Waals surface area (Å²) in [7, 11) is 0. The van der Waals surface area contributed by atoms with Crippen molar-refractivity contribution < 1.29 is 8.78 Å². The van der Waals surface area contributed by atoms with Crippen molar-refractivity contribution in [1.29, 1.82) is 0 Å². The quantitative estimate of drug-likeness (QED) is 0.885. The molecule has 2 aromatic rings. The van der Waals surface area contributed by atoms with Crippen molar-refractivity contribution in [2.45, 2.75) is 25.9 Å². The number of hydrogen-bond acceptors (Lipinski definition) is 2. The van der Waals surface area contributed by atoms with Gasteiger partial charge in [0.2, 0.25) is 0 Å². The molecule has 0 amide bonds. The maximum Gasteiger partial charge on any atom is 0.253 e. The van der Waals surface area contributed by atoms with Crippen LogP contribution in [-0.4, -0.2) is 22.2 Å². The van der Waals surface area contributed by atoms with Gasteiger partial charge in [-0.3, -0.25) is 0 Å². The molecule has 1 heterocycles. The molecule has 1 unspecified atom stereocenters. The van der Waals surface area contributed by atoms with Gasteiger partial charge in [-0.1, -0.05) is 18.2 Å². The van der Waals surface area contributed by atoms with Crippen LogP contribution in [0.1, 0.15) is 12.5 Å². The van der Waals surface area contributed by atoms with Gasteiger partial charge in [0.25, 0.3) is 6.43 Å². The zero-order valence-corrected chi connectivity index (χ0v) is 10.1. The van der Waals surface area contributed by atoms with E-state index in [0.29, 0.717) is 6.54 Å². The Morgan fingerprint density at radius 1 is 1.28 bits per heavy atom. The molecule has 0 aliphatic carbocycles. The molecule has 2 rings (SSSR count). The Morgan fingerprint density at radius 3 is 2.72 bits per heavy atom. The minimum atomic E-state index is -2.36. The van der Waals surface area contributed by atoms with Gasteiger partial charge in [0.1, 0.15) is 0 Å². The van der Waals surface area contributed by atoms with E-state index in [2.05, 4.69) is 10.4 Å². The number of nitrogens with one attached hydrogen (secondary N) is 1. The van der Waals surface area contributed by atoms with Gasteiger partial charge in [-0.05, 0) is 24.6 Å². The summed E-state index contributed by atoms with van der Waals surface area (Å²) in [5, 5.41) is 6.96. The second-order valence-electron chi connectivity index (χ2n) is 4.08. The minimum Gasteiger partial charge on any atom is -0.305 e. The highest BCUT2D eigenvalue weighted by Crippen LogP contribution is 2.13. The van der Waals surface area contributed by atoms with Crippen LogP contribution in [0.25, 0.3) is 5.69 Å². The summed E-state index contributed by atoms with van der Waals surface area (Å²) >= 11 is 0. The van der Waals surface area contributed by atoms with Gasteiger partial charge in [-0.25, -0.2) is 13.5 Å². The first kappa shape index (κ1) is 12.7. The number of alkyl halides is 2. The van der Waals surface area contributed by atoms with E-state index < -0.39 is 12.5 Å². The lowest BCUT2D eigenvalue weighted by Crippen LogP contribution is -2.32. The molecule has 0 bridgehead atoms. The van der Waals surface area contributed by atoms with E-state index in [1.54, 1.807) is 10.9 Å². The molecule has 0 fully saturated rings. The molecule has 0 radical (unpaired) electrons. The van der Waals surface area contributed by atoms with Crippen LogP contribution in [0.15, 0.2) is 42.7 Å². The van der Waals surface area contributed by atoms with E-state index in [-0.39, 0.29) is 0 Å². The number of nitrogens with zero attached hydrogens (tertiary/aromatic N) is 2. The Morgan fingerprint density at radius 2 is 2.06 bits per heavy atom. The largest absolute Gasteiger partial charge is 0.305 e. The topological polar surface area (TPSA) is 29.9 Å². The molecule has 1 aromatic heterocycles. The van der Waals surface area contributed by atoms with Gasteiger partial charge in [0, 0.05) is 18.9 Å². The highest BCUT2D eigenvalue weighted by molar-refractivity contribution is 5.40. The van der Waals surface area contributed by atoms with Crippen LogP contribution in [0, 0.1) is 0 Å². The van der Waals surface area contributed by atoms with Crippen LogP contribution in [-0.2, 0) is 6.54 Å². The van der Waals surface area contributed by atoms with Crippen molar-refractivity contribution in [1.82, 2.24) is 15.1 Å². The van der Waals surface area contributed by atoms with Gasteiger partial charge in [-0.2, -0.15) is 5.10 Å². The summed E-state index contributed by atoms with van der Waals surface area (Å²) in [4.78, 5) is 0. The molecule has 3 nitrogen and oxygen atoms in total. The molecule has 1 aromatic carbocycles. The fourth-order valence-electron chi connectivity index (χ4n) is 1.66. The number of rotatable bonds is 5. The lowest BCUT2D eigenvalue weighted by molar-refractivity contribution is 0.105. The van der Waals surface area contributed by atoms with Crippen LogP contribution in [0.5, 0.6) is 0 Å². The van der Waals surface area contributed by atoms with E-state index in [9.17, 15) is 8.78 Å². The predicted molar refractivity (Wildman–Crippen MR) is 65.9 cm³/mol. The minimum absolute atomic E-state index is 0.390. The van der Waals surface area contributed by atoms with Gasteiger partial charge in [0.05, 0.1) is 11.7 Å². The fraction of sp³-hybridized carbons (Fsp3) is 0.308. The molecular formula is C13H15F2N3. The highest BCUT2D eigenvalue weighted by atomic mass is 19.3. The van der Waals surface area contributed by atoms with Crippen LogP contribution in [0.4, 0.5) is 8.78 Å². The standard InChI is InChI=1S/C13H15F2N3/c1-10(13(14)15)16-9-11-5-2-3-6-12(11)18-8-4-7-17-18/h2-8,10,13,16H,9H2,1H3. The summed E-state index contributed by atoms with van der Waals surface area (Å²) in [6.45, 7) is 1.86. The second kappa shape index (κ2) is 5.73. The predicted octanol–water partition coefficient (Wildman–Crippen LogP) is 2.62. The van der Waals surface area contributed by atoms with E-state index >= 15 is 0 Å². The van der Waals surface area contributed by atoms with Crippen LogP contribution in [0.2, 0.25) is 0 Å². The average Bonchev–Trinajstić information content (AvgIpc) is 2.89. The first-order valence-corrected chi connectivity index (χ1v) is 5.78. The van der Waals surface area contributed by atoms with Gasteiger partial charge < -0.3 is 5.32 Å². The second-order valence-corrected chi connectivity index (χ2v) is 4.08. The average molecular weight is 251 g/mol. The zero-order valence-electron chi connectivity index (χ0n) is 10.1. The Bertz CT molecular complexity index is 483. The summed E-state index contributed by atoms with van der Waals surface area (Å²) in [5.41, 5.74) is 1.84. The highest BCUT2D eigenvalue weighted by Gasteiger charge is 2.14. The number of para-hydroxylation sites is 1. The SMILES string of the molecule is CC(NCc1ccccc1-n1cccn1)C(F)F.